The van der Waals surface area contributed by atoms with Gasteiger partial charge >= 0.3 is 0 Å². The third-order valence-corrected chi connectivity index (χ3v) is 5.34. The van der Waals surface area contributed by atoms with Crippen molar-refractivity contribution in [2.24, 2.45) is 0 Å². The van der Waals surface area contributed by atoms with Crippen LogP contribution in [0.25, 0.3) is 0 Å². The van der Waals surface area contributed by atoms with Crippen LogP contribution in [0.15, 0.2) is 69.9 Å². The summed E-state index contributed by atoms with van der Waals surface area (Å²) in [6.07, 6.45) is 3.30. The highest BCUT2D eigenvalue weighted by molar-refractivity contribution is 5.78. The molecule has 2 aromatic heterocycles. The molecule has 0 saturated carbocycles. The van der Waals surface area contributed by atoms with Crippen LogP contribution in [-0.4, -0.2) is 55.5 Å². The average Bonchev–Trinajstić information content (AvgIpc) is 3.48. The molecule has 3 heterocycles. The first kappa shape index (κ1) is 20.1. The third-order valence-electron chi connectivity index (χ3n) is 5.34. The zero-order valence-electron chi connectivity index (χ0n) is 17.2. The van der Waals surface area contributed by atoms with E-state index in [1.54, 1.807) is 19.6 Å². The van der Waals surface area contributed by atoms with Crippen LogP contribution in [0.5, 0.6) is 5.75 Å². The van der Waals surface area contributed by atoms with E-state index in [1.165, 1.54) is 0 Å². The number of rotatable bonds is 8. The van der Waals surface area contributed by atoms with Gasteiger partial charge in [0.05, 0.1) is 45.0 Å². The summed E-state index contributed by atoms with van der Waals surface area (Å²) in [5.41, 5.74) is 1.07. The number of piperazine rings is 1. The van der Waals surface area contributed by atoms with Crippen molar-refractivity contribution in [2.45, 2.75) is 13.1 Å². The molecule has 0 aliphatic carbocycles. The lowest BCUT2D eigenvalue weighted by Crippen LogP contribution is -2.51. The Bertz CT molecular complexity index is 880. The van der Waals surface area contributed by atoms with E-state index in [4.69, 9.17) is 13.6 Å². The van der Waals surface area contributed by atoms with Crippen LogP contribution in [0, 0.1) is 0 Å². The first-order valence-electron chi connectivity index (χ1n) is 10.2. The summed E-state index contributed by atoms with van der Waals surface area (Å²) < 4.78 is 16.4. The molecule has 1 aliphatic heterocycles. The van der Waals surface area contributed by atoms with E-state index < -0.39 is 0 Å². The van der Waals surface area contributed by atoms with E-state index in [2.05, 4.69) is 11.0 Å². The second-order valence-corrected chi connectivity index (χ2v) is 7.34. The first-order chi connectivity index (χ1) is 14.7. The molecular formula is C23H27N3O4. The molecule has 0 bridgehead atoms. The van der Waals surface area contributed by atoms with Crippen LogP contribution < -0.4 is 9.64 Å². The minimum atomic E-state index is 0.118. The van der Waals surface area contributed by atoms with Gasteiger partial charge in [-0.15, -0.1) is 0 Å². The Kier molecular flexibility index (Phi) is 6.39. The summed E-state index contributed by atoms with van der Waals surface area (Å²) in [4.78, 5) is 19.3. The minimum absolute atomic E-state index is 0.118. The zero-order valence-corrected chi connectivity index (χ0v) is 17.2. The molecule has 4 rings (SSSR count). The van der Waals surface area contributed by atoms with Gasteiger partial charge in [-0.25, -0.2) is 0 Å². The minimum Gasteiger partial charge on any atom is -0.495 e. The van der Waals surface area contributed by atoms with Gasteiger partial charge in [0.1, 0.15) is 17.3 Å². The van der Waals surface area contributed by atoms with Gasteiger partial charge in [-0.2, -0.15) is 0 Å². The van der Waals surface area contributed by atoms with Crippen LogP contribution in [0.3, 0.4) is 0 Å². The zero-order chi connectivity index (χ0) is 20.8. The van der Waals surface area contributed by atoms with E-state index in [0.29, 0.717) is 32.7 Å². The van der Waals surface area contributed by atoms with Crippen molar-refractivity contribution in [3.8, 4) is 5.75 Å². The molecule has 0 spiro atoms. The van der Waals surface area contributed by atoms with E-state index in [-0.39, 0.29) is 5.91 Å². The van der Waals surface area contributed by atoms with E-state index >= 15 is 0 Å². The number of anilines is 1. The predicted molar refractivity (Wildman–Crippen MR) is 113 cm³/mol. The standard InChI is InChI=1S/C23H27N3O4/c1-28-22-9-3-2-8-21(22)25-10-12-26(13-11-25)23(27)18-24(16-19-6-4-14-29-19)17-20-7-5-15-30-20/h2-9,14-15H,10-13,16-18H2,1H3. The fraction of sp³-hybridized carbons (Fsp3) is 0.348. The highest BCUT2D eigenvalue weighted by atomic mass is 16.5. The maximum Gasteiger partial charge on any atom is 0.236 e. The number of benzene rings is 1. The Morgan fingerprint density at radius 2 is 1.57 bits per heavy atom. The van der Waals surface area contributed by atoms with Crippen molar-refractivity contribution in [3.05, 3.63) is 72.6 Å². The van der Waals surface area contributed by atoms with E-state index in [9.17, 15) is 4.79 Å². The highest BCUT2D eigenvalue weighted by Gasteiger charge is 2.25. The van der Waals surface area contributed by atoms with Gasteiger partial charge in [0, 0.05) is 26.2 Å². The summed E-state index contributed by atoms with van der Waals surface area (Å²) in [6, 6.07) is 15.6. The summed E-state index contributed by atoms with van der Waals surface area (Å²) in [7, 11) is 1.69. The number of methoxy groups -OCH3 is 1. The maximum atomic E-state index is 13.0. The normalized spacial score (nSPS) is 14.3. The van der Waals surface area contributed by atoms with Gasteiger partial charge in [0.15, 0.2) is 0 Å². The smallest absolute Gasteiger partial charge is 0.236 e. The van der Waals surface area contributed by atoms with Crippen LogP contribution >= 0.6 is 0 Å². The van der Waals surface area contributed by atoms with Gasteiger partial charge < -0.3 is 23.4 Å². The molecule has 158 valence electrons. The second kappa shape index (κ2) is 9.54. The van der Waals surface area contributed by atoms with Crippen molar-refractivity contribution >= 4 is 11.6 Å². The van der Waals surface area contributed by atoms with Crippen molar-refractivity contribution in [1.29, 1.82) is 0 Å². The number of carbonyl (C=O) groups excluding carboxylic acids is 1. The lowest BCUT2D eigenvalue weighted by molar-refractivity contribution is -0.133. The number of carbonyl (C=O) groups is 1. The Morgan fingerprint density at radius 3 is 2.13 bits per heavy atom. The lowest BCUT2D eigenvalue weighted by atomic mass is 10.2. The maximum absolute atomic E-state index is 13.0. The summed E-state index contributed by atoms with van der Waals surface area (Å²) in [5, 5.41) is 0. The number of furan rings is 2. The molecule has 3 aromatic rings. The summed E-state index contributed by atoms with van der Waals surface area (Å²) in [5.74, 6) is 2.64. The number of hydrogen-bond donors (Lipinski definition) is 0. The molecule has 7 heteroatoms. The molecule has 0 radical (unpaired) electrons. The molecule has 0 N–H and O–H groups in total. The van der Waals surface area contributed by atoms with Gasteiger partial charge in [-0.3, -0.25) is 9.69 Å². The van der Waals surface area contributed by atoms with Crippen LogP contribution in [0.1, 0.15) is 11.5 Å². The van der Waals surface area contributed by atoms with Crippen LogP contribution in [-0.2, 0) is 17.9 Å². The number of nitrogens with zero attached hydrogens (tertiary/aromatic N) is 3. The Morgan fingerprint density at radius 1 is 0.933 bits per heavy atom. The molecule has 30 heavy (non-hydrogen) atoms. The number of amides is 1. The Labute approximate surface area is 176 Å². The van der Waals surface area contributed by atoms with Gasteiger partial charge in [0.25, 0.3) is 0 Å². The van der Waals surface area contributed by atoms with Crippen molar-refractivity contribution in [2.75, 3.05) is 44.7 Å². The van der Waals surface area contributed by atoms with Gasteiger partial charge in [0.2, 0.25) is 5.91 Å². The average molecular weight is 409 g/mol. The fourth-order valence-corrected chi connectivity index (χ4v) is 3.79. The topological polar surface area (TPSA) is 62.3 Å². The molecule has 0 atom stereocenters. The molecule has 1 fully saturated rings. The Balaban J connectivity index is 1.36. The fourth-order valence-electron chi connectivity index (χ4n) is 3.79. The summed E-state index contributed by atoms with van der Waals surface area (Å²) >= 11 is 0. The molecule has 0 unspecified atom stereocenters. The first-order valence-corrected chi connectivity index (χ1v) is 10.2. The van der Waals surface area contributed by atoms with Gasteiger partial charge in [-0.05, 0) is 36.4 Å². The van der Waals surface area contributed by atoms with Crippen LogP contribution in [0.2, 0.25) is 0 Å². The predicted octanol–water partition coefficient (Wildman–Crippen LogP) is 3.23. The lowest BCUT2D eigenvalue weighted by Gasteiger charge is -2.37. The Hall–Kier alpha value is -3.19. The van der Waals surface area contributed by atoms with Crippen molar-refractivity contribution in [3.63, 3.8) is 0 Å². The monoisotopic (exact) mass is 409 g/mol. The molecule has 7 nitrogen and oxygen atoms in total. The van der Waals surface area contributed by atoms with Crippen molar-refractivity contribution < 1.29 is 18.4 Å². The molecular weight excluding hydrogens is 382 g/mol. The van der Waals surface area contributed by atoms with E-state index in [0.717, 1.165) is 36.0 Å². The largest absolute Gasteiger partial charge is 0.495 e. The van der Waals surface area contributed by atoms with Gasteiger partial charge in [-0.1, -0.05) is 12.1 Å². The highest BCUT2D eigenvalue weighted by Crippen LogP contribution is 2.28. The molecule has 1 amide bonds. The molecule has 1 aromatic carbocycles. The number of ether oxygens (including phenoxy) is 1. The number of hydrogen-bond acceptors (Lipinski definition) is 6. The quantitative estimate of drug-likeness (QED) is 0.569. The SMILES string of the molecule is COc1ccccc1N1CCN(C(=O)CN(Cc2ccco2)Cc2ccco2)CC1. The van der Waals surface area contributed by atoms with Crippen molar-refractivity contribution in [1.82, 2.24) is 9.80 Å². The van der Waals surface area contributed by atoms with Crippen LogP contribution in [0.4, 0.5) is 5.69 Å². The van der Waals surface area contributed by atoms with E-state index in [1.807, 2.05) is 52.3 Å². The molecule has 1 saturated heterocycles. The number of para-hydroxylation sites is 2. The second-order valence-electron chi connectivity index (χ2n) is 7.34. The third kappa shape index (κ3) is 4.86. The molecule has 1 aliphatic rings. The summed E-state index contributed by atoms with van der Waals surface area (Å²) in [6.45, 7) is 4.36.